The quantitative estimate of drug-likeness (QED) is 0.0338. The molecule has 0 aliphatic carbocycles. The lowest BCUT2D eigenvalue weighted by Crippen LogP contribution is -3.09. The maximum Gasteiger partial charge on any atom is 0.108 e. The van der Waals surface area contributed by atoms with Gasteiger partial charge in [-0.2, -0.15) is 21.9 Å². The van der Waals surface area contributed by atoms with Gasteiger partial charge in [0, 0.05) is 0 Å². The minimum Gasteiger partial charge on any atom is -0.337 e. The third kappa shape index (κ3) is 24.8. The zero-order valence-electron chi connectivity index (χ0n) is 45.4. The largest absolute Gasteiger partial charge is 0.337 e. The summed E-state index contributed by atoms with van der Waals surface area (Å²) in [6.07, 6.45) is 45.8. The van der Waals surface area contributed by atoms with Crippen LogP contribution in [0.5, 0.6) is 0 Å². The maximum absolute atomic E-state index is 2.43. The van der Waals surface area contributed by atoms with Crippen molar-refractivity contribution in [1.29, 1.82) is 0 Å². The summed E-state index contributed by atoms with van der Waals surface area (Å²) in [6, 6.07) is 36.4. The molecule has 67 heavy (non-hydrogen) atoms. The van der Waals surface area contributed by atoms with Crippen molar-refractivity contribution >= 4 is 28.0 Å². The molecule has 1 nitrogen and oxygen atoms in total. The van der Waals surface area contributed by atoms with Crippen LogP contribution in [-0.4, -0.2) is 26.3 Å². The Hall–Kier alpha value is -3.10. The first-order valence-corrected chi connectivity index (χ1v) is 29.1. The topological polar surface area (TPSA) is 4.44 Å². The predicted molar refractivity (Wildman–Crippen MR) is 305 cm³/mol. The number of hydrogen-bond acceptors (Lipinski definition) is 0. The van der Waals surface area contributed by atoms with Crippen molar-refractivity contribution in [3.63, 3.8) is 0 Å². The summed E-state index contributed by atoms with van der Waals surface area (Å²) in [4.78, 5) is 1.78. The van der Waals surface area contributed by atoms with Crippen molar-refractivity contribution in [3.8, 4) is 0 Å². The number of hydrogen-bond donors (Lipinski definition) is 1. The number of rotatable bonds is 38. The molecule has 0 radical (unpaired) electrons. The van der Waals surface area contributed by atoms with Crippen molar-refractivity contribution in [2.24, 2.45) is 0 Å². The fourth-order valence-corrected chi connectivity index (χ4v) is 10.6. The van der Waals surface area contributed by atoms with Gasteiger partial charge in [-0.3, -0.25) is 0 Å². The molecular weight excluding hydrogens is 806 g/mol. The highest BCUT2D eigenvalue weighted by Gasteiger charge is 2.31. The highest BCUT2D eigenvalue weighted by molar-refractivity contribution is 7.19. The number of aryl methyl sites for hydroxylation is 4. The van der Waals surface area contributed by atoms with Crippen molar-refractivity contribution in [2.45, 2.75) is 247 Å². The van der Waals surface area contributed by atoms with Crippen LogP contribution in [0.1, 0.15) is 242 Å². The van der Waals surface area contributed by atoms with E-state index in [1.165, 1.54) is 263 Å². The lowest BCUT2D eigenvalue weighted by atomic mass is 9.13. The van der Waals surface area contributed by atoms with Crippen LogP contribution in [-0.2, 0) is 0 Å². The van der Waals surface area contributed by atoms with Crippen LogP contribution in [0, 0.1) is 27.7 Å². The Morgan fingerprint density at radius 2 is 0.418 bits per heavy atom. The minimum atomic E-state index is -1.27. The van der Waals surface area contributed by atoms with Crippen LogP contribution < -0.4 is 26.8 Å². The number of benzene rings is 4. The van der Waals surface area contributed by atoms with E-state index >= 15 is 0 Å². The van der Waals surface area contributed by atoms with E-state index in [0.29, 0.717) is 0 Å². The molecule has 2 heteroatoms. The molecule has 4 aromatic carbocycles. The van der Waals surface area contributed by atoms with Gasteiger partial charge < -0.3 is 4.90 Å². The summed E-state index contributed by atoms with van der Waals surface area (Å²) in [5.74, 6) is 0. The Kier molecular flexibility index (Phi) is 32.8. The van der Waals surface area contributed by atoms with Crippen molar-refractivity contribution in [1.82, 2.24) is 0 Å². The van der Waals surface area contributed by atoms with Crippen LogP contribution in [0.15, 0.2) is 97.1 Å². The third-order valence-electron chi connectivity index (χ3n) is 15.2. The smallest absolute Gasteiger partial charge is 0.108 e. The molecular formula is C65H106BN. The van der Waals surface area contributed by atoms with Crippen LogP contribution in [0.25, 0.3) is 0 Å². The van der Waals surface area contributed by atoms with E-state index in [1.54, 1.807) is 4.90 Å². The van der Waals surface area contributed by atoms with Gasteiger partial charge in [0.25, 0.3) is 0 Å². The van der Waals surface area contributed by atoms with Gasteiger partial charge in [0.1, 0.15) is 6.15 Å². The normalized spacial score (nSPS) is 11.6. The van der Waals surface area contributed by atoms with E-state index in [1.807, 2.05) is 0 Å². The lowest BCUT2D eigenvalue weighted by Gasteiger charge is -2.44. The first kappa shape index (κ1) is 58.2. The first-order chi connectivity index (χ1) is 32.8. The van der Waals surface area contributed by atoms with Crippen LogP contribution in [0.2, 0.25) is 0 Å². The van der Waals surface area contributed by atoms with Crippen LogP contribution in [0.3, 0.4) is 0 Å². The molecule has 0 bridgehead atoms. The van der Waals surface area contributed by atoms with E-state index in [-0.39, 0.29) is 0 Å². The van der Waals surface area contributed by atoms with Gasteiger partial charge >= 0.3 is 0 Å². The molecule has 0 atom stereocenters. The molecule has 4 rings (SSSR count). The molecule has 0 aliphatic rings. The second-order valence-corrected chi connectivity index (χ2v) is 21.6. The van der Waals surface area contributed by atoms with Crippen LogP contribution in [0.4, 0.5) is 0 Å². The first-order valence-electron chi connectivity index (χ1n) is 29.1. The Bertz CT molecular complexity index is 1480. The zero-order valence-corrected chi connectivity index (χ0v) is 45.4. The van der Waals surface area contributed by atoms with Gasteiger partial charge in [-0.25, -0.2) is 0 Å². The van der Waals surface area contributed by atoms with Gasteiger partial charge in [0.05, 0.1) is 20.1 Å². The molecule has 0 saturated heterocycles. The molecule has 0 aromatic heterocycles. The summed E-state index contributed by atoms with van der Waals surface area (Å²) in [5.41, 5.74) is 10.6. The van der Waals surface area contributed by atoms with E-state index in [9.17, 15) is 0 Å². The Morgan fingerprint density at radius 3 is 0.597 bits per heavy atom. The number of unbranched alkanes of at least 4 members (excludes halogenated alkanes) is 30. The van der Waals surface area contributed by atoms with Gasteiger partial charge in [0.2, 0.25) is 0 Å². The minimum absolute atomic E-state index is 1.27. The summed E-state index contributed by atoms with van der Waals surface area (Å²) in [7, 11) is 2.43. The second-order valence-electron chi connectivity index (χ2n) is 21.6. The molecule has 0 saturated carbocycles. The predicted octanol–water partition coefficient (Wildman–Crippen LogP) is 16.3. The molecule has 0 aliphatic heterocycles. The molecule has 0 unspecified atom stereocenters. The number of nitrogens with one attached hydrogen (secondary N) is 1. The van der Waals surface area contributed by atoms with E-state index in [0.717, 1.165) is 0 Å². The fourth-order valence-electron chi connectivity index (χ4n) is 10.6. The fraction of sp³-hybridized carbons (Fsp3) is 0.631. The molecule has 0 heterocycles. The highest BCUT2D eigenvalue weighted by atomic mass is 15.1. The van der Waals surface area contributed by atoms with Crippen molar-refractivity contribution in [2.75, 3.05) is 20.1 Å². The Labute approximate surface area is 417 Å². The van der Waals surface area contributed by atoms with Crippen LogP contribution >= 0.6 is 0 Å². The molecule has 1 N–H and O–H groups in total. The van der Waals surface area contributed by atoms with Gasteiger partial charge in [0.15, 0.2) is 0 Å². The van der Waals surface area contributed by atoms with Crippen molar-refractivity contribution in [3.05, 3.63) is 119 Å². The summed E-state index contributed by atoms with van der Waals surface area (Å²) < 4.78 is 0. The highest BCUT2D eigenvalue weighted by Crippen LogP contribution is 2.16. The molecule has 374 valence electrons. The Morgan fingerprint density at radius 1 is 0.254 bits per heavy atom. The van der Waals surface area contributed by atoms with Crippen molar-refractivity contribution < 1.29 is 4.90 Å². The van der Waals surface area contributed by atoms with Gasteiger partial charge in [-0.05, 0) is 53.4 Å². The summed E-state index contributed by atoms with van der Waals surface area (Å²) in [5, 5.41) is 0. The molecule has 4 aromatic rings. The summed E-state index contributed by atoms with van der Waals surface area (Å²) in [6.45, 7) is 16.0. The monoisotopic (exact) mass is 912 g/mol. The number of quaternary nitrogens is 1. The summed E-state index contributed by atoms with van der Waals surface area (Å²) >= 11 is 0. The van der Waals surface area contributed by atoms with E-state index in [2.05, 4.69) is 146 Å². The van der Waals surface area contributed by atoms with E-state index < -0.39 is 6.15 Å². The average Bonchev–Trinajstić information content (AvgIpc) is 3.33. The Balaban J connectivity index is 0.000000365. The lowest BCUT2D eigenvalue weighted by molar-refractivity contribution is -0.880. The van der Waals surface area contributed by atoms with Gasteiger partial charge in [-0.1, -0.05) is 313 Å². The maximum atomic E-state index is 2.43. The molecule has 0 fully saturated rings. The van der Waals surface area contributed by atoms with E-state index in [4.69, 9.17) is 0 Å². The molecule has 0 spiro atoms. The van der Waals surface area contributed by atoms with Gasteiger partial charge in [-0.15, -0.1) is 0 Å². The SMILES string of the molecule is CCCCCCCCCCCCCCCCCC[NH+](C)CCCCCCCCCCCCCCCCCC.Cc1ccc([B-](c2ccc(C)cc2)(c2ccc(C)cc2)c2ccc(C)cc2)cc1. The standard InChI is InChI=1S/C37H77N.C28H28B/c1-4-6-8-10-12-14-16-18-20-22-24-26-28-30-32-34-36-38(3)37-35-33-31-29-27-25-23-21-19-17-15-13-11-9-7-5-2;1-21-5-13-25(14-6-21)29(26-15-7-22(2)8-16-26,27-17-9-23(3)10-18-27)28-19-11-24(4)12-20-28/h4-37H2,1-3H3;5-20H,1-4H3/q;-1/p+1. The second kappa shape index (κ2) is 37.8. The zero-order chi connectivity index (χ0) is 48.1. The molecule has 0 amide bonds. The average molecular weight is 912 g/mol. The third-order valence-corrected chi connectivity index (χ3v) is 15.2.